The first kappa shape index (κ1) is 19.5. The molecule has 0 amide bonds. The summed E-state index contributed by atoms with van der Waals surface area (Å²) in [6.45, 7) is 13.8. The summed E-state index contributed by atoms with van der Waals surface area (Å²) in [6.07, 6.45) is 1.40. The lowest BCUT2D eigenvalue weighted by Crippen LogP contribution is -2.00. The summed E-state index contributed by atoms with van der Waals surface area (Å²) < 4.78 is 5.75. The molecule has 0 radical (unpaired) electrons. The molecule has 0 saturated heterocycles. The fourth-order valence-corrected chi connectivity index (χ4v) is 2.69. The highest BCUT2D eigenvalue weighted by Gasteiger charge is 2.09. The molecular formula is C24H32O. The molecule has 1 nitrogen and oxygen atoms in total. The van der Waals surface area contributed by atoms with Crippen LogP contribution in [-0.2, 0) is 4.74 Å². The van der Waals surface area contributed by atoms with Crippen LogP contribution in [0.1, 0.15) is 59.6 Å². The summed E-state index contributed by atoms with van der Waals surface area (Å²) in [6, 6.07) is 19.5. The molecule has 0 bridgehead atoms. The average molecular weight is 337 g/mol. The third-order valence-electron chi connectivity index (χ3n) is 4.70. The lowest BCUT2D eigenvalue weighted by molar-refractivity contribution is 0.0774. The fraction of sp³-hybridized carbons (Fsp3) is 0.417. The zero-order valence-electron chi connectivity index (χ0n) is 16.6. The van der Waals surface area contributed by atoms with Crippen LogP contribution in [-0.4, -0.2) is 6.61 Å². The van der Waals surface area contributed by atoms with E-state index in [2.05, 4.69) is 89.2 Å². The number of hydrogen-bond donors (Lipinski definition) is 0. The van der Waals surface area contributed by atoms with Gasteiger partial charge in [0.25, 0.3) is 0 Å². The Labute approximate surface area is 153 Å². The molecule has 3 aromatic carbocycles. The second-order valence-corrected chi connectivity index (χ2v) is 7.78. The summed E-state index contributed by atoms with van der Waals surface area (Å²) in [5.74, 6) is 0. The topological polar surface area (TPSA) is 9.23 Å². The van der Waals surface area contributed by atoms with E-state index in [1.54, 1.807) is 0 Å². The van der Waals surface area contributed by atoms with Crippen LogP contribution < -0.4 is 0 Å². The molecule has 134 valence electrons. The maximum Gasteiger partial charge on any atom is 0.0802 e. The quantitative estimate of drug-likeness (QED) is 0.449. The van der Waals surface area contributed by atoms with Crippen LogP contribution in [0, 0.1) is 5.41 Å². The van der Waals surface area contributed by atoms with E-state index in [-0.39, 0.29) is 6.10 Å². The minimum absolute atomic E-state index is 0.134. The maximum atomic E-state index is 5.75. The van der Waals surface area contributed by atoms with Crippen molar-refractivity contribution in [3.8, 4) is 0 Å². The van der Waals surface area contributed by atoms with E-state index in [9.17, 15) is 0 Å². The predicted octanol–water partition coefficient (Wildman–Crippen LogP) is 7.53. The van der Waals surface area contributed by atoms with E-state index in [1.807, 2.05) is 6.92 Å². The molecular weight excluding hydrogens is 304 g/mol. The molecule has 25 heavy (non-hydrogen) atoms. The Bertz CT molecular complexity index is 811. The number of hydrogen-bond acceptors (Lipinski definition) is 1. The van der Waals surface area contributed by atoms with Crippen LogP contribution in [0.15, 0.2) is 54.6 Å². The third-order valence-corrected chi connectivity index (χ3v) is 4.70. The third kappa shape index (κ3) is 5.31. The minimum Gasteiger partial charge on any atom is -0.374 e. The van der Waals surface area contributed by atoms with Crippen LogP contribution in [0.25, 0.3) is 21.5 Å². The Hall–Kier alpha value is -1.86. The molecule has 3 rings (SSSR count). The fourth-order valence-electron chi connectivity index (χ4n) is 2.69. The first-order valence-corrected chi connectivity index (χ1v) is 9.38. The van der Waals surface area contributed by atoms with Crippen LogP contribution in [0.3, 0.4) is 0 Å². The largest absolute Gasteiger partial charge is 0.374 e. The highest BCUT2D eigenvalue weighted by molar-refractivity contribution is 5.99. The highest BCUT2D eigenvalue weighted by atomic mass is 16.5. The van der Waals surface area contributed by atoms with Crippen molar-refractivity contribution >= 4 is 21.5 Å². The van der Waals surface area contributed by atoms with Gasteiger partial charge in [-0.3, -0.25) is 0 Å². The molecule has 0 aliphatic carbocycles. The van der Waals surface area contributed by atoms with Crippen LogP contribution in [0.2, 0.25) is 0 Å². The van der Waals surface area contributed by atoms with Gasteiger partial charge in [-0.1, -0.05) is 76.6 Å². The zero-order valence-corrected chi connectivity index (χ0v) is 16.6. The van der Waals surface area contributed by atoms with E-state index in [1.165, 1.54) is 33.5 Å². The molecule has 0 N–H and O–H groups in total. The molecule has 0 saturated carbocycles. The molecule has 0 heterocycles. The summed E-state index contributed by atoms with van der Waals surface area (Å²) in [5, 5.41) is 5.15. The summed E-state index contributed by atoms with van der Waals surface area (Å²) in [5.41, 5.74) is 1.81. The highest BCUT2D eigenvalue weighted by Crippen LogP contribution is 2.30. The Morgan fingerprint density at radius 3 is 1.96 bits per heavy atom. The van der Waals surface area contributed by atoms with Gasteiger partial charge in [-0.2, -0.15) is 0 Å². The normalized spacial score (nSPS) is 12.7. The van der Waals surface area contributed by atoms with Crippen LogP contribution >= 0.6 is 0 Å². The standard InChI is InChI=1S/C18H18O.C6H14/c1-3-19-13(2)17-10-6-9-16-11-14-7-4-5-8-15(14)12-18(16)17;1-5-6(2,3)4/h4-13H,3H2,1-2H3;5H2,1-4H3. The predicted molar refractivity (Wildman–Crippen MR) is 111 cm³/mol. The summed E-state index contributed by atoms with van der Waals surface area (Å²) in [4.78, 5) is 0. The van der Waals surface area contributed by atoms with Gasteiger partial charge in [-0.25, -0.2) is 0 Å². The molecule has 1 heteroatoms. The van der Waals surface area contributed by atoms with Crippen molar-refractivity contribution in [1.29, 1.82) is 0 Å². The number of rotatable bonds is 3. The molecule has 1 unspecified atom stereocenters. The minimum atomic E-state index is 0.134. The Morgan fingerprint density at radius 1 is 0.840 bits per heavy atom. The van der Waals surface area contributed by atoms with Gasteiger partial charge < -0.3 is 4.74 Å². The smallest absolute Gasteiger partial charge is 0.0802 e. The van der Waals surface area contributed by atoms with Crippen molar-refractivity contribution in [1.82, 2.24) is 0 Å². The Morgan fingerprint density at radius 2 is 1.40 bits per heavy atom. The molecule has 0 aromatic heterocycles. The Balaban J connectivity index is 0.000000326. The molecule has 0 aliphatic heterocycles. The second kappa shape index (κ2) is 8.49. The average Bonchev–Trinajstić information content (AvgIpc) is 2.59. The summed E-state index contributed by atoms with van der Waals surface area (Å²) in [7, 11) is 0. The van der Waals surface area contributed by atoms with Crippen molar-refractivity contribution in [2.75, 3.05) is 6.61 Å². The van der Waals surface area contributed by atoms with Crippen molar-refractivity contribution in [2.24, 2.45) is 5.41 Å². The van der Waals surface area contributed by atoms with Crippen LogP contribution in [0.5, 0.6) is 0 Å². The van der Waals surface area contributed by atoms with Gasteiger partial charge in [0.05, 0.1) is 6.10 Å². The first-order valence-electron chi connectivity index (χ1n) is 9.38. The van der Waals surface area contributed by atoms with E-state index in [0.717, 1.165) is 6.61 Å². The molecule has 1 atom stereocenters. The van der Waals surface area contributed by atoms with Crippen molar-refractivity contribution in [3.63, 3.8) is 0 Å². The lowest BCUT2D eigenvalue weighted by atomic mass is 9.94. The molecule has 0 spiro atoms. The van der Waals surface area contributed by atoms with Crippen molar-refractivity contribution < 1.29 is 4.74 Å². The van der Waals surface area contributed by atoms with Gasteiger partial charge in [0.2, 0.25) is 0 Å². The van der Waals surface area contributed by atoms with Gasteiger partial charge >= 0.3 is 0 Å². The molecule has 0 aliphatic rings. The second-order valence-electron chi connectivity index (χ2n) is 7.78. The van der Waals surface area contributed by atoms with E-state index in [0.29, 0.717) is 5.41 Å². The molecule has 0 fully saturated rings. The van der Waals surface area contributed by atoms with Gasteiger partial charge in [-0.05, 0) is 58.5 Å². The summed E-state index contributed by atoms with van der Waals surface area (Å²) >= 11 is 0. The molecule has 3 aromatic rings. The SMILES string of the molecule is CCC(C)(C)C.CCOC(C)c1cccc2cc3ccccc3cc12. The first-order chi connectivity index (χ1) is 11.9. The zero-order chi connectivity index (χ0) is 18.4. The maximum absolute atomic E-state index is 5.75. The van der Waals surface area contributed by atoms with E-state index < -0.39 is 0 Å². The van der Waals surface area contributed by atoms with E-state index in [4.69, 9.17) is 4.74 Å². The van der Waals surface area contributed by atoms with E-state index >= 15 is 0 Å². The van der Waals surface area contributed by atoms with Crippen molar-refractivity contribution in [3.05, 3.63) is 60.2 Å². The number of fused-ring (bicyclic) bond motifs is 2. The van der Waals surface area contributed by atoms with Gasteiger partial charge in [0, 0.05) is 6.61 Å². The monoisotopic (exact) mass is 336 g/mol. The van der Waals surface area contributed by atoms with Gasteiger partial charge in [0.1, 0.15) is 0 Å². The lowest BCUT2D eigenvalue weighted by Gasteiger charge is -2.15. The van der Waals surface area contributed by atoms with Crippen molar-refractivity contribution in [2.45, 2.75) is 54.1 Å². The van der Waals surface area contributed by atoms with Crippen LogP contribution in [0.4, 0.5) is 0 Å². The number of ether oxygens (including phenoxy) is 1. The van der Waals surface area contributed by atoms with Gasteiger partial charge in [-0.15, -0.1) is 0 Å². The Kier molecular flexibility index (Phi) is 6.61. The number of benzene rings is 3. The van der Waals surface area contributed by atoms with Gasteiger partial charge in [0.15, 0.2) is 0 Å².